The molecule has 0 aromatic heterocycles. The van der Waals surface area contributed by atoms with Gasteiger partial charge < -0.3 is 9.47 Å². The van der Waals surface area contributed by atoms with Crippen LogP contribution < -0.4 is 9.47 Å². The van der Waals surface area contributed by atoms with Crippen molar-refractivity contribution in [2.75, 3.05) is 7.11 Å². The third-order valence-electron chi connectivity index (χ3n) is 5.09. The highest BCUT2D eigenvalue weighted by atomic mass is 79.9. The van der Waals surface area contributed by atoms with Crippen LogP contribution in [0.2, 0.25) is 0 Å². The molecule has 28 heavy (non-hydrogen) atoms. The van der Waals surface area contributed by atoms with Crippen LogP contribution in [0.3, 0.4) is 0 Å². The van der Waals surface area contributed by atoms with Gasteiger partial charge in [-0.15, -0.1) is 0 Å². The number of benzene rings is 3. The van der Waals surface area contributed by atoms with Crippen LogP contribution in [0, 0.1) is 0 Å². The fraction of sp³-hybridized carbons (Fsp3) is 0.280. The second-order valence-electron chi connectivity index (χ2n) is 7.67. The molecular formula is C25H27BrO2. The Morgan fingerprint density at radius 3 is 2.18 bits per heavy atom. The summed E-state index contributed by atoms with van der Waals surface area (Å²) >= 11 is 3.51. The van der Waals surface area contributed by atoms with Crippen molar-refractivity contribution in [1.29, 1.82) is 0 Å². The lowest BCUT2D eigenvalue weighted by Gasteiger charge is -2.25. The van der Waals surface area contributed by atoms with Crippen molar-refractivity contribution in [3.05, 3.63) is 88.4 Å². The monoisotopic (exact) mass is 438 g/mol. The number of halogens is 1. The lowest BCUT2D eigenvalue weighted by Crippen LogP contribution is -2.17. The summed E-state index contributed by atoms with van der Waals surface area (Å²) in [7, 11) is 1.66. The molecule has 0 unspecified atom stereocenters. The molecule has 3 heteroatoms. The first kappa shape index (κ1) is 20.5. The van der Waals surface area contributed by atoms with E-state index in [0.29, 0.717) is 0 Å². The Hall–Kier alpha value is -2.26. The molecule has 0 N–H and O–H groups in total. The minimum Gasteiger partial charge on any atom is -0.497 e. The predicted molar refractivity (Wildman–Crippen MR) is 120 cm³/mol. The van der Waals surface area contributed by atoms with Crippen molar-refractivity contribution in [3.63, 3.8) is 0 Å². The average molecular weight is 439 g/mol. The van der Waals surface area contributed by atoms with Crippen LogP contribution in [-0.2, 0) is 11.8 Å². The third-order valence-corrected chi connectivity index (χ3v) is 5.62. The first-order valence-corrected chi connectivity index (χ1v) is 10.4. The molecular weight excluding hydrogens is 412 g/mol. The molecule has 0 saturated heterocycles. The number of methoxy groups -OCH3 is 1. The number of aryl methyl sites for hydroxylation is 1. The average Bonchev–Trinajstić information content (AvgIpc) is 2.69. The molecule has 0 saturated carbocycles. The van der Waals surface area contributed by atoms with E-state index in [4.69, 9.17) is 9.47 Å². The smallest absolute Gasteiger partial charge is 0.127 e. The summed E-state index contributed by atoms with van der Waals surface area (Å²) in [4.78, 5) is 0. The molecule has 0 amide bonds. The highest BCUT2D eigenvalue weighted by molar-refractivity contribution is 9.10. The van der Waals surface area contributed by atoms with E-state index >= 15 is 0 Å². The standard InChI is InChI=1S/C25H27BrO2/c1-25(2,20-9-11-21(26)12-10-20)17-5-7-19-6-4-8-24(18-19)28-23-15-13-22(27-3)14-16-23/h4,6,8-16,18H,5,7,17H2,1-3H3. The van der Waals surface area contributed by atoms with Gasteiger partial charge in [0.2, 0.25) is 0 Å². The van der Waals surface area contributed by atoms with E-state index in [1.54, 1.807) is 7.11 Å². The van der Waals surface area contributed by atoms with E-state index in [9.17, 15) is 0 Å². The van der Waals surface area contributed by atoms with Crippen molar-refractivity contribution in [3.8, 4) is 17.2 Å². The summed E-state index contributed by atoms with van der Waals surface area (Å²) in [5.74, 6) is 2.51. The SMILES string of the molecule is COc1ccc(Oc2cccc(CCCC(C)(C)c3ccc(Br)cc3)c2)cc1. The molecule has 2 nitrogen and oxygen atoms in total. The fourth-order valence-corrected chi connectivity index (χ4v) is 3.59. The van der Waals surface area contributed by atoms with Crippen molar-refractivity contribution in [2.45, 2.75) is 38.5 Å². The molecule has 0 aliphatic carbocycles. The van der Waals surface area contributed by atoms with E-state index in [2.05, 4.69) is 72.2 Å². The van der Waals surface area contributed by atoms with Gasteiger partial charge in [0.25, 0.3) is 0 Å². The summed E-state index contributed by atoms with van der Waals surface area (Å²) < 4.78 is 12.3. The van der Waals surface area contributed by atoms with Crippen LogP contribution in [-0.4, -0.2) is 7.11 Å². The first-order chi connectivity index (χ1) is 13.5. The molecule has 0 aliphatic heterocycles. The van der Waals surface area contributed by atoms with Gasteiger partial charge in [-0.1, -0.05) is 54.0 Å². The summed E-state index contributed by atoms with van der Waals surface area (Å²) in [5.41, 5.74) is 2.85. The number of ether oxygens (including phenoxy) is 2. The molecule has 3 aromatic carbocycles. The maximum Gasteiger partial charge on any atom is 0.127 e. The van der Waals surface area contributed by atoms with Gasteiger partial charge in [-0.05, 0) is 84.3 Å². The van der Waals surface area contributed by atoms with E-state index in [-0.39, 0.29) is 5.41 Å². The van der Waals surface area contributed by atoms with E-state index in [1.165, 1.54) is 11.1 Å². The van der Waals surface area contributed by atoms with Gasteiger partial charge in [0.05, 0.1) is 7.11 Å². The Balaban J connectivity index is 1.57. The lowest BCUT2D eigenvalue weighted by atomic mass is 9.80. The minimum atomic E-state index is 0.165. The van der Waals surface area contributed by atoms with Crippen molar-refractivity contribution < 1.29 is 9.47 Å². The Bertz CT molecular complexity index is 883. The summed E-state index contributed by atoms with van der Waals surface area (Å²) in [5, 5.41) is 0. The fourth-order valence-electron chi connectivity index (χ4n) is 3.32. The lowest BCUT2D eigenvalue weighted by molar-refractivity contribution is 0.413. The highest BCUT2D eigenvalue weighted by Gasteiger charge is 2.19. The van der Waals surface area contributed by atoms with Crippen LogP contribution in [0.25, 0.3) is 0 Å². The second-order valence-corrected chi connectivity index (χ2v) is 8.59. The topological polar surface area (TPSA) is 18.5 Å². The van der Waals surface area contributed by atoms with E-state index in [1.807, 2.05) is 30.3 Å². The molecule has 3 aromatic rings. The summed E-state index contributed by atoms with van der Waals surface area (Å²) in [6, 6.07) is 24.7. The molecule has 146 valence electrons. The quantitative estimate of drug-likeness (QED) is 0.361. The van der Waals surface area contributed by atoms with Crippen molar-refractivity contribution in [2.24, 2.45) is 0 Å². The van der Waals surface area contributed by atoms with Gasteiger partial charge in [0, 0.05) is 4.47 Å². The largest absolute Gasteiger partial charge is 0.497 e. The summed E-state index contributed by atoms with van der Waals surface area (Å²) in [6.45, 7) is 4.64. The van der Waals surface area contributed by atoms with E-state index in [0.717, 1.165) is 41.0 Å². The van der Waals surface area contributed by atoms with Gasteiger partial charge in [-0.2, -0.15) is 0 Å². The molecule has 0 heterocycles. The Morgan fingerprint density at radius 1 is 0.821 bits per heavy atom. The third kappa shape index (κ3) is 5.62. The van der Waals surface area contributed by atoms with Crippen LogP contribution in [0.5, 0.6) is 17.2 Å². The van der Waals surface area contributed by atoms with Crippen LogP contribution in [0.1, 0.15) is 37.8 Å². The number of rotatable bonds is 8. The molecule has 0 atom stereocenters. The van der Waals surface area contributed by atoms with Crippen molar-refractivity contribution in [1.82, 2.24) is 0 Å². The summed E-state index contributed by atoms with van der Waals surface area (Å²) in [6.07, 6.45) is 3.31. The van der Waals surface area contributed by atoms with E-state index < -0.39 is 0 Å². The van der Waals surface area contributed by atoms with Gasteiger partial charge in [0.1, 0.15) is 17.2 Å². The molecule has 3 rings (SSSR count). The first-order valence-electron chi connectivity index (χ1n) is 9.63. The van der Waals surface area contributed by atoms with Gasteiger partial charge in [-0.25, -0.2) is 0 Å². The predicted octanol–water partition coefficient (Wildman–Crippen LogP) is 7.55. The zero-order valence-electron chi connectivity index (χ0n) is 16.7. The van der Waals surface area contributed by atoms with Crippen LogP contribution in [0.4, 0.5) is 0 Å². The normalized spacial score (nSPS) is 11.3. The molecule has 0 spiro atoms. The Morgan fingerprint density at radius 2 is 1.50 bits per heavy atom. The molecule has 0 fully saturated rings. The second kappa shape index (κ2) is 9.29. The zero-order chi connectivity index (χ0) is 20.0. The zero-order valence-corrected chi connectivity index (χ0v) is 18.3. The van der Waals surface area contributed by atoms with Gasteiger partial charge in [0.15, 0.2) is 0 Å². The van der Waals surface area contributed by atoms with Gasteiger partial charge >= 0.3 is 0 Å². The molecule has 0 bridgehead atoms. The minimum absolute atomic E-state index is 0.165. The Kier molecular flexibility index (Phi) is 6.79. The number of hydrogen-bond donors (Lipinski definition) is 0. The Labute approximate surface area is 176 Å². The number of hydrogen-bond acceptors (Lipinski definition) is 2. The van der Waals surface area contributed by atoms with Crippen LogP contribution in [0.15, 0.2) is 77.3 Å². The highest BCUT2D eigenvalue weighted by Crippen LogP contribution is 2.30. The maximum absolute atomic E-state index is 5.99. The molecule has 0 radical (unpaired) electrons. The van der Waals surface area contributed by atoms with Crippen molar-refractivity contribution >= 4 is 15.9 Å². The molecule has 0 aliphatic rings. The maximum atomic E-state index is 5.99. The van der Waals surface area contributed by atoms with Crippen LogP contribution >= 0.6 is 15.9 Å². The van der Waals surface area contributed by atoms with Gasteiger partial charge in [-0.3, -0.25) is 0 Å².